The van der Waals surface area contributed by atoms with E-state index in [1.165, 1.54) is 12.1 Å². The number of carbonyl (C=O) groups excluding carboxylic acids is 1. The van der Waals surface area contributed by atoms with E-state index in [1.54, 1.807) is 33.0 Å². The highest BCUT2D eigenvalue weighted by Gasteiger charge is 2.25. The lowest BCUT2D eigenvalue weighted by molar-refractivity contribution is -0.139. The fraction of sp³-hybridized carbons (Fsp3) is 0.375. The molecule has 1 amide bonds. The Bertz CT molecular complexity index is 733. The summed E-state index contributed by atoms with van der Waals surface area (Å²) in [7, 11) is 0. The average Bonchev–Trinajstić information content (AvgIpc) is 2.78. The zero-order valence-electron chi connectivity index (χ0n) is 13.1. The standard InChI is InChI=1S/C16H19FN2O4/c1-16(2,3)23-15(22)19-13(14(20)21)6-9-8-18-12-7-10(17)4-5-11(9)12/h4-5,7-8,13,18H,6H2,1-3H3,(H,19,22)(H,20,21)/t13-/m1/s1. The summed E-state index contributed by atoms with van der Waals surface area (Å²) in [6.45, 7) is 5.07. The molecule has 0 bridgehead atoms. The Balaban J connectivity index is 2.15. The van der Waals surface area contributed by atoms with Crippen LogP contribution in [0.2, 0.25) is 0 Å². The number of rotatable bonds is 4. The van der Waals surface area contributed by atoms with Crippen molar-refractivity contribution in [2.45, 2.75) is 38.8 Å². The predicted molar refractivity (Wildman–Crippen MR) is 82.8 cm³/mol. The second-order valence-electron chi connectivity index (χ2n) is 6.24. The number of fused-ring (bicyclic) bond motifs is 1. The number of halogens is 1. The lowest BCUT2D eigenvalue weighted by Crippen LogP contribution is -2.44. The Morgan fingerprint density at radius 1 is 1.39 bits per heavy atom. The number of hydrogen-bond acceptors (Lipinski definition) is 3. The second-order valence-corrected chi connectivity index (χ2v) is 6.24. The molecule has 124 valence electrons. The lowest BCUT2D eigenvalue weighted by atomic mass is 10.1. The maximum Gasteiger partial charge on any atom is 0.408 e. The average molecular weight is 322 g/mol. The normalized spacial score (nSPS) is 12.9. The molecule has 1 aromatic carbocycles. The smallest absolute Gasteiger partial charge is 0.408 e. The molecule has 0 saturated carbocycles. The van der Waals surface area contributed by atoms with E-state index >= 15 is 0 Å². The van der Waals surface area contributed by atoms with Crippen molar-refractivity contribution in [1.29, 1.82) is 0 Å². The molecular formula is C16H19FN2O4. The van der Waals surface area contributed by atoms with Crippen molar-refractivity contribution in [2.24, 2.45) is 0 Å². The number of H-pyrrole nitrogens is 1. The fourth-order valence-corrected chi connectivity index (χ4v) is 2.20. The molecule has 2 aromatic rings. The van der Waals surface area contributed by atoms with Crippen molar-refractivity contribution in [1.82, 2.24) is 10.3 Å². The molecule has 7 heteroatoms. The van der Waals surface area contributed by atoms with E-state index in [9.17, 15) is 19.1 Å². The number of aromatic amines is 1. The van der Waals surface area contributed by atoms with E-state index in [0.29, 0.717) is 16.5 Å². The van der Waals surface area contributed by atoms with Gasteiger partial charge in [0.25, 0.3) is 0 Å². The zero-order chi connectivity index (χ0) is 17.2. The van der Waals surface area contributed by atoms with Gasteiger partial charge in [0.15, 0.2) is 0 Å². The maximum absolute atomic E-state index is 13.2. The molecule has 2 rings (SSSR count). The molecule has 0 aliphatic heterocycles. The molecule has 1 atom stereocenters. The van der Waals surface area contributed by atoms with E-state index in [2.05, 4.69) is 10.3 Å². The Hall–Kier alpha value is -2.57. The van der Waals surface area contributed by atoms with E-state index in [1.807, 2.05) is 0 Å². The van der Waals surface area contributed by atoms with Gasteiger partial charge in [-0.05, 0) is 44.5 Å². The minimum atomic E-state index is -1.17. The van der Waals surface area contributed by atoms with Crippen LogP contribution in [0.25, 0.3) is 10.9 Å². The van der Waals surface area contributed by atoms with Crippen LogP contribution in [-0.2, 0) is 16.0 Å². The van der Waals surface area contributed by atoms with Gasteiger partial charge in [-0.2, -0.15) is 0 Å². The minimum Gasteiger partial charge on any atom is -0.480 e. The topological polar surface area (TPSA) is 91.4 Å². The fourth-order valence-electron chi connectivity index (χ4n) is 2.20. The summed E-state index contributed by atoms with van der Waals surface area (Å²) < 4.78 is 18.2. The minimum absolute atomic E-state index is 0.0558. The van der Waals surface area contributed by atoms with Crippen LogP contribution >= 0.6 is 0 Å². The first-order valence-corrected chi connectivity index (χ1v) is 7.13. The molecule has 0 aliphatic carbocycles. The summed E-state index contributed by atoms with van der Waals surface area (Å²) in [6, 6.07) is 3.06. The van der Waals surface area contributed by atoms with Gasteiger partial charge in [-0.25, -0.2) is 14.0 Å². The molecular weight excluding hydrogens is 303 g/mol. The maximum atomic E-state index is 13.2. The lowest BCUT2D eigenvalue weighted by Gasteiger charge is -2.22. The molecule has 0 saturated heterocycles. The van der Waals surface area contributed by atoms with Crippen LogP contribution in [0.1, 0.15) is 26.3 Å². The summed E-state index contributed by atoms with van der Waals surface area (Å²) in [4.78, 5) is 26.0. The van der Waals surface area contributed by atoms with Crippen LogP contribution in [0.5, 0.6) is 0 Å². The third kappa shape index (κ3) is 4.45. The van der Waals surface area contributed by atoms with Gasteiger partial charge >= 0.3 is 12.1 Å². The van der Waals surface area contributed by atoms with E-state index in [-0.39, 0.29) is 12.2 Å². The van der Waals surface area contributed by atoms with Crippen LogP contribution < -0.4 is 5.32 Å². The number of aromatic nitrogens is 1. The number of ether oxygens (including phenoxy) is 1. The van der Waals surface area contributed by atoms with Crippen LogP contribution in [-0.4, -0.2) is 33.8 Å². The van der Waals surface area contributed by atoms with Crippen molar-refractivity contribution in [2.75, 3.05) is 0 Å². The molecule has 6 nitrogen and oxygen atoms in total. The highest BCUT2D eigenvalue weighted by Crippen LogP contribution is 2.20. The molecule has 23 heavy (non-hydrogen) atoms. The van der Waals surface area contributed by atoms with Crippen molar-refractivity contribution in [3.8, 4) is 0 Å². The van der Waals surface area contributed by atoms with Gasteiger partial charge < -0.3 is 20.1 Å². The van der Waals surface area contributed by atoms with Gasteiger partial charge in [0.05, 0.1) is 0 Å². The molecule has 3 N–H and O–H groups in total. The van der Waals surface area contributed by atoms with Crippen LogP contribution in [0.15, 0.2) is 24.4 Å². The number of nitrogens with one attached hydrogen (secondary N) is 2. The summed E-state index contributed by atoms with van der Waals surface area (Å²) >= 11 is 0. The monoisotopic (exact) mass is 322 g/mol. The van der Waals surface area contributed by atoms with Crippen molar-refractivity contribution in [3.63, 3.8) is 0 Å². The van der Waals surface area contributed by atoms with Crippen LogP contribution in [0, 0.1) is 5.82 Å². The largest absolute Gasteiger partial charge is 0.480 e. The third-order valence-corrected chi connectivity index (χ3v) is 3.14. The number of carbonyl (C=O) groups is 2. The number of carboxylic acids is 1. The highest BCUT2D eigenvalue weighted by molar-refractivity contribution is 5.85. The Kier molecular flexibility index (Phi) is 4.58. The van der Waals surface area contributed by atoms with E-state index in [4.69, 9.17) is 4.74 Å². The molecule has 0 aliphatic rings. The first-order valence-electron chi connectivity index (χ1n) is 7.13. The second kappa shape index (κ2) is 6.28. The van der Waals surface area contributed by atoms with Gasteiger partial charge in [0, 0.05) is 23.5 Å². The Morgan fingerprint density at radius 2 is 2.09 bits per heavy atom. The number of benzene rings is 1. The highest BCUT2D eigenvalue weighted by atomic mass is 19.1. The zero-order valence-corrected chi connectivity index (χ0v) is 13.1. The van der Waals surface area contributed by atoms with Gasteiger partial charge in [0.1, 0.15) is 17.5 Å². The van der Waals surface area contributed by atoms with Gasteiger partial charge in [-0.1, -0.05) is 0 Å². The van der Waals surface area contributed by atoms with E-state index in [0.717, 1.165) is 0 Å². The number of alkyl carbamates (subject to hydrolysis) is 1. The van der Waals surface area contributed by atoms with Gasteiger partial charge in [-0.3, -0.25) is 0 Å². The first kappa shape index (κ1) is 16.8. The van der Waals surface area contributed by atoms with Crippen molar-refractivity contribution < 1.29 is 23.8 Å². The van der Waals surface area contributed by atoms with Crippen LogP contribution in [0.3, 0.4) is 0 Å². The number of amides is 1. The van der Waals surface area contributed by atoms with Crippen molar-refractivity contribution >= 4 is 23.0 Å². The summed E-state index contributed by atoms with van der Waals surface area (Å²) in [6.07, 6.45) is 0.868. The quantitative estimate of drug-likeness (QED) is 0.807. The summed E-state index contributed by atoms with van der Waals surface area (Å²) in [5.41, 5.74) is 0.524. The first-order chi connectivity index (χ1) is 10.7. The molecule has 0 fully saturated rings. The molecule has 0 radical (unpaired) electrons. The Morgan fingerprint density at radius 3 is 2.70 bits per heavy atom. The molecule has 0 spiro atoms. The van der Waals surface area contributed by atoms with Gasteiger partial charge in [-0.15, -0.1) is 0 Å². The van der Waals surface area contributed by atoms with E-state index < -0.39 is 23.7 Å². The number of aliphatic carboxylic acids is 1. The SMILES string of the molecule is CC(C)(C)OC(=O)N[C@H](Cc1c[nH]c2cc(F)ccc12)C(=O)O. The molecule has 1 aromatic heterocycles. The molecule has 0 unspecified atom stereocenters. The summed E-state index contributed by atoms with van der Waals surface area (Å²) in [5, 5.41) is 12.3. The number of hydrogen-bond donors (Lipinski definition) is 3. The molecule has 1 heterocycles. The Labute approximate surface area is 132 Å². The number of carboxylic acid groups (broad SMARTS) is 1. The van der Waals surface area contributed by atoms with Crippen LogP contribution in [0.4, 0.5) is 9.18 Å². The predicted octanol–water partition coefficient (Wildman–Crippen LogP) is 2.83. The summed E-state index contributed by atoms with van der Waals surface area (Å²) in [5.74, 6) is -1.56. The third-order valence-electron chi connectivity index (χ3n) is 3.14. The van der Waals surface area contributed by atoms with Gasteiger partial charge in [0.2, 0.25) is 0 Å². The van der Waals surface area contributed by atoms with Crippen molar-refractivity contribution in [3.05, 3.63) is 35.8 Å².